The summed E-state index contributed by atoms with van der Waals surface area (Å²) in [5, 5.41) is 0. The number of ether oxygens (including phenoxy) is 3. The number of benzene rings is 2. The Kier molecular flexibility index (Phi) is 5.59. The molecule has 0 saturated carbocycles. The van der Waals surface area contributed by atoms with Crippen molar-refractivity contribution in [1.29, 1.82) is 0 Å². The number of halogens is 1. The first-order valence-electron chi connectivity index (χ1n) is 8.03. The zero-order valence-corrected chi connectivity index (χ0v) is 17.1. The van der Waals surface area contributed by atoms with E-state index in [4.69, 9.17) is 14.2 Å². The van der Waals surface area contributed by atoms with E-state index in [1.54, 1.807) is 18.2 Å². The van der Waals surface area contributed by atoms with Crippen LogP contribution in [0, 0.1) is 10.5 Å². The monoisotopic (exact) mass is 477 g/mol. The lowest BCUT2D eigenvalue weighted by molar-refractivity contribution is -0.132. The molecule has 138 valence electrons. The normalized spacial score (nSPS) is 14.7. The smallest absolute Gasteiger partial charge is 0.363 e. The number of hydrogen-bond donors (Lipinski definition) is 0. The quantitative estimate of drug-likeness (QED) is 0.289. The lowest BCUT2D eigenvalue weighted by atomic mass is 10.1. The maximum absolute atomic E-state index is 12.2. The van der Waals surface area contributed by atoms with Crippen molar-refractivity contribution in [2.75, 3.05) is 7.11 Å². The van der Waals surface area contributed by atoms with E-state index >= 15 is 0 Å². The van der Waals surface area contributed by atoms with Crippen LogP contribution in [0.25, 0.3) is 6.08 Å². The van der Waals surface area contributed by atoms with Crippen LogP contribution in [0.3, 0.4) is 0 Å². The molecule has 6 nitrogen and oxygen atoms in total. The third kappa shape index (κ3) is 4.19. The average Bonchev–Trinajstić information content (AvgIpc) is 2.97. The lowest BCUT2D eigenvalue weighted by Crippen LogP contribution is -2.06. The van der Waals surface area contributed by atoms with Crippen molar-refractivity contribution in [3.63, 3.8) is 0 Å². The van der Waals surface area contributed by atoms with Crippen LogP contribution in [-0.4, -0.2) is 24.9 Å². The number of cyclic esters (lactones) is 1. The molecule has 0 amide bonds. The van der Waals surface area contributed by atoms with Crippen LogP contribution in [0.4, 0.5) is 0 Å². The minimum atomic E-state index is -0.522. The van der Waals surface area contributed by atoms with Gasteiger partial charge in [-0.3, -0.25) is 4.79 Å². The van der Waals surface area contributed by atoms with Crippen LogP contribution < -0.4 is 9.47 Å². The Morgan fingerprint density at radius 1 is 1.26 bits per heavy atom. The minimum Gasteiger partial charge on any atom is -0.493 e. The molecular weight excluding hydrogens is 461 g/mol. The maximum atomic E-state index is 12.2. The topological polar surface area (TPSA) is 74.2 Å². The number of nitrogens with zero attached hydrogens (tertiary/aromatic N) is 1. The van der Waals surface area contributed by atoms with E-state index < -0.39 is 11.9 Å². The second-order valence-corrected chi connectivity index (χ2v) is 6.94. The van der Waals surface area contributed by atoms with Crippen LogP contribution in [0.15, 0.2) is 47.1 Å². The SMILES string of the molecule is COc1cc(C=C2N=C(c3ccccc3C)OC2=O)cc(I)c1OC(C)=O. The van der Waals surface area contributed by atoms with E-state index in [0.717, 1.165) is 11.1 Å². The average molecular weight is 477 g/mol. The van der Waals surface area contributed by atoms with Gasteiger partial charge in [-0.2, -0.15) is 0 Å². The molecule has 0 aromatic heterocycles. The second kappa shape index (κ2) is 7.91. The number of rotatable bonds is 4. The van der Waals surface area contributed by atoms with Crippen LogP contribution >= 0.6 is 22.6 Å². The number of hydrogen-bond acceptors (Lipinski definition) is 6. The van der Waals surface area contributed by atoms with E-state index in [0.29, 0.717) is 20.6 Å². The Morgan fingerprint density at radius 3 is 2.67 bits per heavy atom. The van der Waals surface area contributed by atoms with Crippen molar-refractivity contribution in [1.82, 2.24) is 0 Å². The van der Waals surface area contributed by atoms with E-state index in [1.165, 1.54) is 14.0 Å². The van der Waals surface area contributed by atoms with Crippen molar-refractivity contribution in [2.24, 2.45) is 4.99 Å². The molecule has 0 spiro atoms. The summed E-state index contributed by atoms with van der Waals surface area (Å²) in [7, 11) is 1.48. The van der Waals surface area contributed by atoms with Crippen molar-refractivity contribution in [3.8, 4) is 11.5 Å². The van der Waals surface area contributed by atoms with Gasteiger partial charge in [0.25, 0.3) is 0 Å². The predicted molar refractivity (Wildman–Crippen MR) is 109 cm³/mol. The van der Waals surface area contributed by atoms with E-state index in [9.17, 15) is 9.59 Å². The van der Waals surface area contributed by atoms with E-state index in [1.807, 2.05) is 53.8 Å². The van der Waals surface area contributed by atoms with Crippen LogP contribution in [0.5, 0.6) is 11.5 Å². The van der Waals surface area contributed by atoms with Gasteiger partial charge in [0, 0.05) is 12.5 Å². The third-order valence-corrected chi connectivity index (χ3v) is 4.60. The molecule has 0 saturated heterocycles. The molecule has 0 fully saturated rings. The summed E-state index contributed by atoms with van der Waals surface area (Å²) in [6, 6.07) is 11.0. The molecule has 2 aromatic carbocycles. The van der Waals surface area contributed by atoms with Gasteiger partial charge in [0.1, 0.15) is 0 Å². The number of esters is 2. The summed E-state index contributed by atoms with van der Waals surface area (Å²) in [5.41, 5.74) is 2.60. The molecule has 0 unspecified atom stereocenters. The Bertz CT molecular complexity index is 994. The predicted octanol–water partition coefficient (Wildman–Crippen LogP) is 3.88. The fourth-order valence-electron chi connectivity index (χ4n) is 2.56. The van der Waals surface area contributed by atoms with Gasteiger partial charge in [0.15, 0.2) is 17.2 Å². The minimum absolute atomic E-state index is 0.186. The highest BCUT2D eigenvalue weighted by molar-refractivity contribution is 14.1. The van der Waals surface area contributed by atoms with Gasteiger partial charge in [-0.1, -0.05) is 18.2 Å². The molecule has 0 aliphatic carbocycles. The first kappa shape index (κ1) is 19.1. The van der Waals surface area contributed by atoms with Crippen molar-refractivity contribution in [3.05, 3.63) is 62.4 Å². The van der Waals surface area contributed by atoms with Crippen molar-refractivity contribution in [2.45, 2.75) is 13.8 Å². The molecule has 27 heavy (non-hydrogen) atoms. The summed E-state index contributed by atoms with van der Waals surface area (Å²) in [6.07, 6.45) is 1.61. The fraction of sp³-hybridized carbons (Fsp3) is 0.150. The van der Waals surface area contributed by atoms with Gasteiger partial charge < -0.3 is 14.2 Å². The third-order valence-electron chi connectivity index (χ3n) is 3.80. The molecular formula is C20H16INO5. The maximum Gasteiger partial charge on any atom is 0.363 e. The number of carbonyl (C=O) groups is 2. The number of carbonyl (C=O) groups excluding carboxylic acids is 2. The summed E-state index contributed by atoms with van der Waals surface area (Å²) in [6.45, 7) is 3.25. The largest absolute Gasteiger partial charge is 0.493 e. The van der Waals surface area contributed by atoms with Crippen molar-refractivity contribution >= 4 is 46.5 Å². The Labute approximate surface area is 170 Å². The Balaban J connectivity index is 1.99. The van der Waals surface area contributed by atoms with Gasteiger partial charge in [-0.05, 0) is 64.9 Å². The molecule has 1 aliphatic rings. The zero-order chi connectivity index (χ0) is 19.6. The molecule has 0 N–H and O–H groups in total. The molecule has 7 heteroatoms. The fourth-order valence-corrected chi connectivity index (χ4v) is 3.30. The number of methoxy groups -OCH3 is 1. The second-order valence-electron chi connectivity index (χ2n) is 5.78. The molecule has 0 bridgehead atoms. The molecule has 0 radical (unpaired) electrons. The van der Waals surface area contributed by atoms with Gasteiger partial charge >= 0.3 is 11.9 Å². The molecule has 1 aliphatic heterocycles. The summed E-state index contributed by atoms with van der Waals surface area (Å²) >= 11 is 2.04. The van der Waals surface area contributed by atoms with E-state index in [2.05, 4.69) is 4.99 Å². The summed E-state index contributed by atoms with van der Waals surface area (Å²) < 4.78 is 16.5. The van der Waals surface area contributed by atoms with E-state index in [-0.39, 0.29) is 11.6 Å². The first-order chi connectivity index (χ1) is 12.9. The zero-order valence-electron chi connectivity index (χ0n) is 14.9. The highest BCUT2D eigenvalue weighted by Gasteiger charge is 2.25. The summed E-state index contributed by atoms with van der Waals surface area (Å²) in [5.74, 6) is 0.0438. The van der Waals surface area contributed by atoms with Gasteiger partial charge in [0.2, 0.25) is 5.90 Å². The summed E-state index contributed by atoms with van der Waals surface area (Å²) in [4.78, 5) is 27.8. The van der Waals surface area contributed by atoms with Crippen LogP contribution in [0.1, 0.15) is 23.6 Å². The Hall–Kier alpha value is -2.68. The van der Waals surface area contributed by atoms with Crippen molar-refractivity contribution < 1.29 is 23.8 Å². The molecule has 0 atom stereocenters. The molecule has 1 heterocycles. The molecule has 3 rings (SSSR count). The van der Waals surface area contributed by atoms with Crippen LogP contribution in [0.2, 0.25) is 0 Å². The first-order valence-corrected chi connectivity index (χ1v) is 9.11. The van der Waals surface area contributed by atoms with Gasteiger partial charge in [-0.15, -0.1) is 0 Å². The van der Waals surface area contributed by atoms with Gasteiger partial charge in [-0.25, -0.2) is 9.79 Å². The molecule has 2 aromatic rings. The highest BCUT2D eigenvalue weighted by Crippen LogP contribution is 2.35. The number of aliphatic imine (C=N–C) groups is 1. The lowest BCUT2D eigenvalue weighted by Gasteiger charge is -2.11. The van der Waals surface area contributed by atoms with Crippen LogP contribution in [-0.2, 0) is 14.3 Å². The Morgan fingerprint density at radius 2 is 2.00 bits per heavy atom. The standard InChI is InChI=1S/C20H16INO5/c1-11-6-4-5-7-14(11)19-22-16(20(24)27-19)9-13-8-15(21)18(26-12(2)23)17(10-13)25-3/h4-10H,1-3H3. The number of aryl methyl sites for hydroxylation is 1. The highest BCUT2D eigenvalue weighted by atomic mass is 127. The van der Waals surface area contributed by atoms with Gasteiger partial charge in [0.05, 0.1) is 10.7 Å².